The summed E-state index contributed by atoms with van der Waals surface area (Å²) in [5.74, 6) is -0.0286. The normalized spacial score (nSPS) is 10.7. The maximum absolute atomic E-state index is 12.8. The van der Waals surface area contributed by atoms with Gasteiger partial charge in [0, 0.05) is 46.6 Å². The maximum Gasteiger partial charge on any atom is 0.342 e. The summed E-state index contributed by atoms with van der Waals surface area (Å²) in [6.45, 7) is 3.75. The van der Waals surface area contributed by atoms with Crippen molar-refractivity contribution in [2.45, 2.75) is 31.1 Å². The van der Waals surface area contributed by atoms with Gasteiger partial charge in [0.1, 0.15) is 43.9 Å². The highest BCUT2D eigenvalue weighted by atomic mass is 35.7. The number of sulfonamides is 1. The Labute approximate surface area is 403 Å². The molecule has 6 aromatic rings. The van der Waals surface area contributed by atoms with Crippen molar-refractivity contribution in [3.63, 3.8) is 0 Å². The lowest BCUT2D eigenvalue weighted by Gasteiger charge is -2.14. The van der Waals surface area contributed by atoms with Gasteiger partial charge in [-0.3, -0.25) is 14.7 Å². The first-order chi connectivity index (χ1) is 29.7. The quantitative estimate of drug-likeness (QED) is 0.0666. The SMILES string of the molecule is C.CCOC(=O)c1cc(N)ccc1Oc1cncc(Cl)c1.CCOC(=O)c1cc(NS(=O)(=O)c2c(Cl)cccc2Cl)ccc1Oc1cncc(Cl)c1.O=S(=O)(Cl)c1c(Cl)cccc1Cl. The van der Waals surface area contributed by atoms with E-state index < -0.39 is 31.0 Å². The number of nitrogens with two attached hydrogens (primary N) is 1. The van der Waals surface area contributed by atoms with Crippen LogP contribution in [0.3, 0.4) is 0 Å². The van der Waals surface area contributed by atoms with E-state index >= 15 is 0 Å². The molecular formula is C41H35Cl7N4O10S2. The van der Waals surface area contributed by atoms with Crippen LogP contribution < -0.4 is 19.9 Å². The van der Waals surface area contributed by atoms with Crippen LogP contribution in [0, 0.1) is 0 Å². The summed E-state index contributed by atoms with van der Waals surface area (Å²) in [7, 11) is -2.92. The number of aromatic nitrogens is 2. The lowest BCUT2D eigenvalue weighted by molar-refractivity contribution is 0.0513. The van der Waals surface area contributed by atoms with E-state index in [0.29, 0.717) is 27.2 Å². The molecule has 3 N–H and O–H groups in total. The summed E-state index contributed by atoms with van der Waals surface area (Å²) in [5.41, 5.74) is 6.46. The standard InChI is InChI=1S/C20H15Cl3N2O5S.C14H13ClN2O3.C6H3Cl3O2S.CH4/c1-2-29-20(26)15-9-13(6-7-18(15)30-14-8-12(21)10-24-11-14)25-31(27,28)19-16(22)4-3-5-17(19)23;1-2-19-14(18)12-6-10(16)3-4-13(12)20-11-5-9(15)7-17-8-11;7-4-2-1-3-5(8)6(4)12(9,10)11;/h3-11,25H,2H2,1H3;3-8H,2,16H2,1H3;1-3H;1H4. The number of nitrogens with one attached hydrogen (secondary N) is 1. The van der Waals surface area contributed by atoms with E-state index in [1.165, 1.54) is 91.5 Å². The molecule has 340 valence electrons. The van der Waals surface area contributed by atoms with E-state index in [9.17, 15) is 26.4 Å². The summed E-state index contributed by atoms with van der Waals surface area (Å²) in [6, 6.07) is 20.7. The van der Waals surface area contributed by atoms with Crippen LogP contribution in [-0.2, 0) is 28.5 Å². The first kappa shape index (κ1) is 53.6. The molecule has 0 aliphatic carbocycles. The third kappa shape index (κ3) is 15.5. The molecule has 0 atom stereocenters. The van der Waals surface area contributed by atoms with E-state index in [1.807, 2.05) is 0 Å². The number of esters is 2. The van der Waals surface area contributed by atoms with Gasteiger partial charge in [-0.15, -0.1) is 0 Å². The number of nitrogen functional groups attached to an aromatic ring is 1. The molecule has 0 radical (unpaired) electrons. The first-order valence-corrected chi connectivity index (χ1v) is 23.6. The lowest BCUT2D eigenvalue weighted by Crippen LogP contribution is -2.15. The van der Waals surface area contributed by atoms with E-state index in [4.69, 9.17) is 105 Å². The second-order valence-electron chi connectivity index (χ2n) is 11.9. The largest absolute Gasteiger partial charge is 0.462 e. The van der Waals surface area contributed by atoms with E-state index in [1.54, 1.807) is 32.0 Å². The van der Waals surface area contributed by atoms with Crippen molar-refractivity contribution in [3.05, 3.63) is 151 Å². The van der Waals surface area contributed by atoms with Gasteiger partial charge in [0.05, 0.1) is 55.7 Å². The molecule has 6 rings (SSSR count). The lowest BCUT2D eigenvalue weighted by atomic mass is 10.2. The Kier molecular flexibility index (Phi) is 20.5. The first-order valence-electron chi connectivity index (χ1n) is 17.5. The zero-order valence-electron chi connectivity index (χ0n) is 32.3. The second-order valence-corrected chi connectivity index (χ2v) is 18.6. The number of carbonyl (C=O) groups is 2. The van der Waals surface area contributed by atoms with Crippen LogP contribution in [0.4, 0.5) is 11.4 Å². The van der Waals surface area contributed by atoms with Gasteiger partial charge in [-0.2, -0.15) is 0 Å². The highest BCUT2D eigenvalue weighted by molar-refractivity contribution is 8.14. The fraction of sp³-hybridized carbons (Fsp3) is 0.122. The summed E-state index contributed by atoms with van der Waals surface area (Å²) in [5, 5.41) is 0.750. The van der Waals surface area contributed by atoms with Crippen LogP contribution in [0.25, 0.3) is 0 Å². The molecular weight excluding hydrogens is 1020 g/mol. The van der Waals surface area contributed by atoms with Gasteiger partial charge in [0.2, 0.25) is 0 Å². The Hall–Kier alpha value is -4.75. The number of halogens is 7. The van der Waals surface area contributed by atoms with Crippen molar-refractivity contribution in [1.29, 1.82) is 0 Å². The number of carbonyl (C=O) groups excluding carboxylic acids is 2. The number of pyridine rings is 2. The summed E-state index contributed by atoms with van der Waals surface area (Å²) in [6.07, 6.45) is 5.83. The molecule has 4 aromatic carbocycles. The Morgan fingerprint density at radius 1 is 0.609 bits per heavy atom. The molecule has 0 fully saturated rings. The molecule has 0 unspecified atom stereocenters. The molecule has 0 bridgehead atoms. The number of hydrogen-bond donors (Lipinski definition) is 2. The number of ether oxygens (including phenoxy) is 4. The van der Waals surface area contributed by atoms with E-state index in [0.717, 1.165) is 0 Å². The predicted octanol–water partition coefficient (Wildman–Crippen LogP) is 12.7. The van der Waals surface area contributed by atoms with Gasteiger partial charge < -0.3 is 24.7 Å². The molecule has 0 saturated carbocycles. The van der Waals surface area contributed by atoms with Crippen molar-refractivity contribution < 1.29 is 45.4 Å². The van der Waals surface area contributed by atoms with Gasteiger partial charge >= 0.3 is 11.9 Å². The van der Waals surface area contributed by atoms with Crippen LogP contribution in [0.1, 0.15) is 42.0 Å². The minimum absolute atomic E-state index is 0. The molecule has 0 aliphatic heterocycles. The van der Waals surface area contributed by atoms with Crippen LogP contribution in [0.5, 0.6) is 23.0 Å². The summed E-state index contributed by atoms with van der Waals surface area (Å²) < 4.78 is 71.1. The van der Waals surface area contributed by atoms with Gasteiger partial charge in [-0.05, 0) is 74.5 Å². The summed E-state index contributed by atoms with van der Waals surface area (Å²) in [4.78, 5) is 31.6. The van der Waals surface area contributed by atoms with Crippen LogP contribution in [0.15, 0.2) is 120 Å². The zero-order valence-corrected chi connectivity index (χ0v) is 39.2. The number of hydrogen-bond acceptors (Lipinski definition) is 13. The second kappa shape index (κ2) is 24.5. The average Bonchev–Trinajstić information content (AvgIpc) is 3.19. The van der Waals surface area contributed by atoms with Crippen molar-refractivity contribution >= 4 is 123 Å². The molecule has 0 spiro atoms. The number of nitrogens with zero attached hydrogens (tertiary/aromatic N) is 2. The molecule has 0 amide bonds. The van der Waals surface area contributed by atoms with Gasteiger partial charge in [0.15, 0.2) is 0 Å². The monoisotopic (exact) mass is 1050 g/mol. The number of anilines is 2. The van der Waals surface area contributed by atoms with Gasteiger partial charge in [-0.25, -0.2) is 26.4 Å². The average molecular weight is 1060 g/mol. The Morgan fingerprint density at radius 2 is 1.03 bits per heavy atom. The fourth-order valence-corrected chi connectivity index (χ4v) is 9.73. The molecule has 2 heterocycles. The van der Waals surface area contributed by atoms with Crippen molar-refractivity contribution in [2.24, 2.45) is 0 Å². The Bertz CT molecular complexity index is 2800. The highest BCUT2D eigenvalue weighted by Crippen LogP contribution is 2.35. The third-order valence-electron chi connectivity index (χ3n) is 7.39. The molecule has 23 heteroatoms. The van der Waals surface area contributed by atoms with Crippen LogP contribution in [-0.4, -0.2) is 52.0 Å². The molecule has 14 nitrogen and oxygen atoms in total. The van der Waals surface area contributed by atoms with E-state index in [2.05, 4.69) is 14.7 Å². The summed E-state index contributed by atoms with van der Waals surface area (Å²) >= 11 is 34.9. The smallest absolute Gasteiger partial charge is 0.342 e. The van der Waals surface area contributed by atoms with Gasteiger partial charge in [-0.1, -0.05) is 89.2 Å². The number of rotatable bonds is 12. The fourth-order valence-electron chi connectivity index (χ4n) is 4.87. The Balaban J connectivity index is 0.000000282. The van der Waals surface area contributed by atoms with E-state index in [-0.39, 0.29) is 78.8 Å². The minimum atomic E-state index is -4.14. The van der Waals surface area contributed by atoms with Crippen molar-refractivity contribution in [3.8, 4) is 23.0 Å². The van der Waals surface area contributed by atoms with Crippen molar-refractivity contribution in [1.82, 2.24) is 9.97 Å². The highest BCUT2D eigenvalue weighted by Gasteiger charge is 2.24. The third-order valence-corrected chi connectivity index (χ3v) is 12.4. The Morgan fingerprint density at radius 3 is 1.44 bits per heavy atom. The minimum Gasteiger partial charge on any atom is -0.462 e. The molecule has 0 saturated heterocycles. The predicted molar refractivity (Wildman–Crippen MR) is 251 cm³/mol. The van der Waals surface area contributed by atoms with Crippen LogP contribution in [0.2, 0.25) is 30.1 Å². The molecule has 0 aliphatic rings. The van der Waals surface area contributed by atoms with Crippen LogP contribution >= 0.6 is 80.3 Å². The van der Waals surface area contributed by atoms with Crippen molar-refractivity contribution in [2.75, 3.05) is 23.7 Å². The van der Waals surface area contributed by atoms with Gasteiger partial charge in [0.25, 0.3) is 19.1 Å². The maximum atomic E-state index is 12.8. The topological polar surface area (TPSA) is 203 Å². The molecule has 2 aromatic heterocycles. The zero-order chi connectivity index (χ0) is 46.5. The molecule has 64 heavy (non-hydrogen) atoms. The number of benzene rings is 4.